The maximum atomic E-state index is 8.00. The first-order valence-corrected chi connectivity index (χ1v) is 6.95. The van der Waals surface area contributed by atoms with E-state index in [1.165, 1.54) is 5.57 Å². The average molecular weight is 351 g/mol. The molecular weight excluding hydrogens is 329 g/mol. The van der Waals surface area contributed by atoms with E-state index in [2.05, 4.69) is 47.9 Å². The van der Waals surface area contributed by atoms with Crippen LogP contribution in [0.5, 0.6) is 0 Å². The minimum absolute atomic E-state index is 0.332. The first kappa shape index (κ1) is 14.9. The van der Waals surface area contributed by atoms with E-state index in [4.69, 9.17) is 5.84 Å². The molecule has 0 aromatic heterocycles. The van der Waals surface area contributed by atoms with Gasteiger partial charge in [0.1, 0.15) is 0 Å². The standard InChI is InChI=1S/C11H22IN5/c1-5-10(4)14-15(11-7-9(11)3)8-17(13)16(12)6-2/h7,11,13,17H,5-6,8H2,1-4H3/b14-10-. The maximum Gasteiger partial charge on any atom is 0.178 e. The van der Waals surface area contributed by atoms with Gasteiger partial charge in [-0.2, -0.15) is 5.10 Å². The van der Waals surface area contributed by atoms with Crippen LogP contribution in [-0.4, -0.2) is 33.2 Å². The van der Waals surface area contributed by atoms with Crippen LogP contribution in [0.1, 0.15) is 34.1 Å². The minimum atomic E-state index is 0.332. The highest BCUT2D eigenvalue weighted by molar-refractivity contribution is 14.1. The van der Waals surface area contributed by atoms with Crippen molar-refractivity contribution in [2.45, 2.75) is 40.2 Å². The summed E-state index contributed by atoms with van der Waals surface area (Å²) >= 11 is 2.17. The Balaban J connectivity index is 2.59. The highest BCUT2D eigenvalue weighted by Crippen LogP contribution is 2.25. The van der Waals surface area contributed by atoms with Crippen molar-refractivity contribution in [1.29, 1.82) is 0 Å². The molecule has 0 heterocycles. The molecule has 0 spiro atoms. The van der Waals surface area contributed by atoms with Crippen LogP contribution >= 0.6 is 22.9 Å². The lowest BCUT2D eigenvalue weighted by atomic mass is 10.3. The number of hydrazone groups is 1. The highest BCUT2D eigenvalue weighted by atomic mass is 127. The molecule has 0 amide bonds. The molecule has 0 bridgehead atoms. The molecule has 0 aliphatic heterocycles. The lowest BCUT2D eigenvalue weighted by Gasteiger charge is -2.32. The fraction of sp³-hybridized carbons (Fsp3) is 0.727. The zero-order valence-electron chi connectivity index (χ0n) is 11.0. The second-order valence-corrected chi connectivity index (χ2v) is 5.43. The van der Waals surface area contributed by atoms with Crippen LogP contribution in [-0.2, 0) is 0 Å². The quantitative estimate of drug-likeness (QED) is 0.190. The van der Waals surface area contributed by atoms with Crippen LogP contribution < -0.4 is 5.12 Å². The monoisotopic (exact) mass is 351 g/mol. The largest absolute Gasteiger partial charge is 0.446 e. The van der Waals surface area contributed by atoms with E-state index >= 15 is 0 Å². The highest BCUT2D eigenvalue weighted by Gasteiger charge is 2.29. The van der Waals surface area contributed by atoms with Crippen molar-refractivity contribution < 1.29 is 5.12 Å². The molecule has 2 unspecified atom stereocenters. The first-order chi connectivity index (χ1) is 7.99. The molecule has 1 aliphatic carbocycles. The summed E-state index contributed by atoms with van der Waals surface area (Å²) in [4.78, 5) is 0. The van der Waals surface area contributed by atoms with E-state index in [1.54, 1.807) is 0 Å². The van der Waals surface area contributed by atoms with Crippen LogP contribution in [0.2, 0.25) is 0 Å². The molecule has 2 N–H and O–H groups in total. The number of hydrogen-bond donors (Lipinski definition) is 1. The minimum Gasteiger partial charge on any atom is -0.446 e. The van der Waals surface area contributed by atoms with E-state index in [-0.39, 0.29) is 0 Å². The molecule has 0 aromatic carbocycles. The lowest BCUT2D eigenvalue weighted by molar-refractivity contribution is -0.951. The SMILES string of the molecule is CC/C(C)=N\N(C[NH+]([NH-])N(I)CC)C1C=C1C. The maximum absolute atomic E-state index is 8.00. The van der Waals surface area contributed by atoms with Crippen LogP contribution in [0.25, 0.3) is 5.84 Å². The van der Waals surface area contributed by atoms with Gasteiger partial charge in [-0.05, 0) is 32.8 Å². The third-order valence-electron chi connectivity index (χ3n) is 2.79. The van der Waals surface area contributed by atoms with Gasteiger partial charge >= 0.3 is 0 Å². The molecule has 98 valence electrons. The van der Waals surface area contributed by atoms with Crippen LogP contribution in [0.4, 0.5) is 0 Å². The molecule has 0 fully saturated rings. The van der Waals surface area contributed by atoms with Crippen molar-refractivity contribution in [3.63, 3.8) is 0 Å². The zero-order valence-corrected chi connectivity index (χ0v) is 13.2. The third kappa shape index (κ3) is 4.53. The van der Waals surface area contributed by atoms with Crippen LogP contribution in [0.15, 0.2) is 16.8 Å². The topological polar surface area (TPSA) is 47.1 Å². The van der Waals surface area contributed by atoms with Crippen molar-refractivity contribution >= 4 is 28.6 Å². The molecule has 5 nitrogen and oxygen atoms in total. The van der Waals surface area contributed by atoms with Crippen LogP contribution in [0, 0.1) is 0 Å². The van der Waals surface area contributed by atoms with E-state index in [0.717, 1.165) is 18.7 Å². The molecule has 17 heavy (non-hydrogen) atoms. The Morgan fingerprint density at radius 3 is 2.59 bits per heavy atom. The Labute approximate surface area is 118 Å². The van der Waals surface area contributed by atoms with Gasteiger partial charge in [0.2, 0.25) is 0 Å². The third-order valence-corrected chi connectivity index (χ3v) is 4.06. The molecule has 2 atom stereocenters. The summed E-state index contributed by atoms with van der Waals surface area (Å²) in [6.07, 6.45) is 3.14. The predicted octanol–water partition coefficient (Wildman–Crippen LogP) is 1.80. The molecule has 0 saturated heterocycles. The van der Waals surface area contributed by atoms with Crippen LogP contribution in [0.3, 0.4) is 0 Å². The van der Waals surface area contributed by atoms with Gasteiger partial charge in [0.25, 0.3) is 0 Å². The normalized spacial score (nSPS) is 21.5. The van der Waals surface area contributed by atoms with Gasteiger partial charge in [-0.15, -0.1) is 3.22 Å². The lowest BCUT2D eigenvalue weighted by Crippen LogP contribution is -3.12. The van der Waals surface area contributed by atoms with Crippen molar-refractivity contribution in [3.05, 3.63) is 17.5 Å². The summed E-state index contributed by atoms with van der Waals surface area (Å²) in [6.45, 7) is 9.72. The van der Waals surface area contributed by atoms with E-state index < -0.39 is 0 Å². The molecular formula is C11H22IN5. The Kier molecular flexibility index (Phi) is 5.84. The number of nitrogens with one attached hydrogen (secondary N) is 2. The summed E-state index contributed by atoms with van der Waals surface area (Å²) in [6, 6.07) is 0.332. The van der Waals surface area contributed by atoms with Gasteiger partial charge in [-0.3, -0.25) is 5.12 Å². The van der Waals surface area contributed by atoms with Crippen molar-refractivity contribution in [2.24, 2.45) is 5.10 Å². The predicted molar refractivity (Wildman–Crippen MR) is 79.3 cm³/mol. The number of quaternary nitrogens is 1. The van der Waals surface area contributed by atoms with Gasteiger partial charge in [-0.1, -0.05) is 13.0 Å². The Bertz CT molecular complexity index is 315. The molecule has 0 aromatic rings. The van der Waals surface area contributed by atoms with E-state index in [1.807, 2.05) is 22.1 Å². The second-order valence-electron chi connectivity index (χ2n) is 4.27. The van der Waals surface area contributed by atoms with Gasteiger partial charge in [0.15, 0.2) is 6.67 Å². The van der Waals surface area contributed by atoms with Crippen molar-refractivity contribution in [2.75, 3.05) is 13.2 Å². The average Bonchev–Trinajstić information content (AvgIpc) is 3.03. The van der Waals surface area contributed by atoms with Crippen molar-refractivity contribution in [1.82, 2.24) is 8.23 Å². The summed E-state index contributed by atoms with van der Waals surface area (Å²) in [5, 5.41) is 7.21. The second kappa shape index (κ2) is 6.67. The Morgan fingerprint density at radius 2 is 2.18 bits per heavy atom. The van der Waals surface area contributed by atoms with Gasteiger partial charge < -0.3 is 5.84 Å². The Hall–Kier alpha value is -0.180. The summed E-state index contributed by atoms with van der Waals surface area (Å²) in [5.74, 6) is 8.00. The first-order valence-electron chi connectivity index (χ1n) is 5.99. The van der Waals surface area contributed by atoms with Gasteiger partial charge in [0.05, 0.1) is 35.5 Å². The fourth-order valence-corrected chi connectivity index (χ4v) is 1.58. The van der Waals surface area contributed by atoms with Gasteiger partial charge in [0, 0.05) is 5.71 Å². The molecule has 6 heteroatoms. The number of nitrogens with zero attached hydrogens (tertiary/aromatic N) is 3. The number of rotatable bonds is 7. The van der Waals surface area contributed by atoms with E-state index in [9.17, 15) is 0 Å². The molecule has 0 radical (unpaired) electrons. The Morgan fingerprint density at radius 1 is 1.59 bits per heavy atom. The summed E-state index contributed by atoms with van der Waals surface area (Å²) in [5.41, 5.74) is 2.46. The van der Waals surface area contributed by atoms with E-state index in [0.29, 0.717) is 17.8 Å². The molecule has 1 aliphatic rings. The summed E-state index contributed by atoms with van der Waals surface area (Å²) < 4.78 is 1.92. The fourth-order valence-electron chi connectivity index (χ4n) is 1.43. The smallest absolute Gasteiger partial charge is 0.178 e. The summed E-state index contributed by atoms with van der Waals surface area (Å²) in [7, 11) is 0. The van der Waals surface area contributed by atoms with Crippen molar-refractivity contribution in [3.8, 4) is 0 Å². The molecule has 1 rings (SSSR count). The molecule has 0 saturated carbocycles. The zero-order chi connectivity index (χ0) is 13.0. The number of hydrogen-bond acceptors (Lipinski definition) is 3. The van der Waals surface area contributed by atoms with Gasteiger partial charge in [-0.25, -0.2) is 5.01 Å². The number of halogens is 1.